The molecular formula is C13H11N3OS3. The van der Waals surface area contributed by atoms with Gasteiger partial charge in [-0.2, -0.15) is 0 Å². The number of benzene rings is 1. The van der Waals surface area contributed by atoms with Crippen LogP contribution in [0.25, 0.3) is 10.2 Å². The van der Waals surface area contributed by atoms with Gasteiger partial charge in [0.05, 0.1) is 15.5 Å². The summed E-state index contributed by atoms with van der Waals surface area (Å²) >= 11 is 4.49. The molecular weight excluding hydrogens is 310 g/mol. The summed E-state index contributed by atoms with van der Waals surface area (Å²) in [5.74, 6) is -0.0517. The zero-order valence-corrected chi connectivity index (χ0v) is 13.0. The summed E-state index contributed by atoms with van der Waals surface area (Å²) in [5.41, 5.74) is 0.979. The highest BCUT2D eigenvalue weighted by atomic mass is 32.2. The summed E-state index contributed by atoms with van der Waals surface area (Å²) < 4.78 is 2.05. The van der Waals surface area contributed by atoms with Gasteiger partial charge in [-0.15, -0.1) is 22.7 Å². The molecule has 4 nitrogen and oxygen atoms in total. The van der Waals surface area contributed by atoms with Crippen molar-refractivity contribution in [3.8, 4) is 0 Å². The zero-order valence-electron chi connectivity index (χ0n) is 10.6. The average molecular weight is 321 g/mol. The minimum Gasteiger partial charge on any atom is -0.301 e. The van der Waals surface area contributed by atoms with Crippen molar-refractivity contribution in [1.29, 1.82) is 0 Å². The van der Waals surface area contributed by atoms with E-state index in [9.17, 15) is 4.79 Å². The van der Waals surface area contributed by atoms with Crippen LogP contribution in [0.4, 0.5) is 5.13 Å². The van der Waals surface area contributed by atoms with Gasteiger partial charge in [0.1, 0.15) is 0 Å². The Morgan fingerprint density at radius 2 is 2.25 bits per heavy atom. The van der Waals surface area contributed by atoms with Gasteiger partial charge in [-0.05, 0) is 19.1 Å². The molecule has 1 atom stereocenters. The molecule has 0 radical (unpaired) electrons. The summed E-state index contributed by atoms with van der Waals surface area (Å²) in [6, 6.07) is 7.98. The van der Waals surface area contributed by atoms with Crippen molar-refractivity contribution in [3.05, 3.63) is 35.8 Å². The number of fused-ring (bicyclic) bond motifs is 1. The molecule has 0 aliphatic rings. The maximum absolute atomic E-state index is 12.0. The number of anilines is 1. The van der Waals surface area contributed by atoms with Crippen LogP contribution in [0, 0.1) is 0 Å². The Bertz CT molecular complexity index is 690. The lowest BCUT2D eigenvalue weighted by atomic mass is 10.3. The van der Waals surface area contributed by atoms with Crippen molar-refractivity contribution < 1.29 is 4.79 Å². The van der Waals surface area contributed by atoms with Crippen LogP contribution in [0.15, 0.2) is 40.2 Å². The van der Waals surface area contributed by atoms with Crippen molar-refractivity contribution in [2.75, 3.05) is 5.32 Å². The largest absolute Gasteiger partial charge is 0.301 e. The molecule has 1 N–H and O–H groups in total. The second kappa shape index (κ2) is 5.90. The fraction of sp³-hybridized carbons (Fsp3) is 0.154. The van der Waals surface area contributed by atoms with Crippen LogP contribution in [0.2, 0.25) is 0 Å². The SMILES string of the molecule is C[C@@H](Sc1nc2ccccc2s1)C(=O)Nc1nccs1. The van der Waals surface area contributed by atoms with Crippen molar-refractivity contribution in [2.24, 2.45) is 0 Å². The lowest BCUT2D eigenvalue weighted by Crippen LogP contribution is -2.22. The molecule has 0 fully saturated rings. The molecule has 3 rings (SSSR count). The summed E-state index contributed by atoms with van der Waals surface area (Å²) in [7, 11) is 0. The molecule has 20 heavy (non-hydrogen) atoms. The summed E-state index contributed by atoms with van der Waals surface area (Å²) in [6.07, 6.45) is 1.67. The van der Waals surface area contributed by atoms with Crippen molar-refractivity contribution in [3.63, 3.8) is 0 Å². The number of rotatable bonds is 4. The number of amides is 1. The first kappa shape index (κ1) is 13.5. The fourth-order valence-electron chi connectivity index (χ4n) is 1.60. The third-order valence-electron chi connectivity index (χ3n) is 2.58. The highest BCUT2D eigenvalue weighted by molar-refractivity contribution is 8.02. The first-order chi connectivity index (χ1) is 9.72. The van der Waals surface area contributed by atoms with E-state index in [2.05, 4.69) is 15.3 Å². The quantitative estimate of drug-likeness (QED) is 0.741. The number of hydrogen-bond acceptors (Lipinski definition) is 6. The molecule has 0 aliphatic carbocycles. The first-order valence-corrected chi connectivity index (χ1v) is 8.52. The summed E-state index contributed by atoms with van der Waals surface area (Å²) in [6.45, 7) is 1.87. The Balaban J connectivity index is 1.68. The van der Waals surface area contributed by atoms with Gasteiger partial charge in [-0.1, -0.05) is 23.9 Å². The van der Waals surface area contributed by atoms with Crippen LogP contribution in [0.5, 0.6) is 0 Å². The highest BCUT2D eigenvalue weighted by Gasteiger charge is 2.17. The van der Waals surface area contributed by atoms with E-state index in [-0.39, 0.29) is 11.2 Å². The minimum atomic E-state index is -0.209. The van der Waals surface area contributed by atoms with E-state index in [4.69, 9.17) is 0 Å². The van der Waals surface area contributed by atoms with E-state index in [0.29, 0.717) is 5.13 Å². The standard InChI is InChI=1S/C13H11N3OS3/c1-8(11(17)16-12-14-6-7-18-12)19-13-15-9-4-2-3-5-10(9)20-13/h2-8H,1H3,(H,14,16,17)/t8-/m1/s1. The minimum absolute atomic E-state index is 0.0517. The molecule has 2 heterocycles. The van der Waals surface area contributed by atoms with Gasteiger partial charge < -0.3 is 5.32 Å². The zero-order chi connectivity index (χ0) is 13.9. The number of carbonyl (C=O) groups excluding carboxylic acids is 1. The molecule has 3 aromatic rings. The molecule has 0 unspecified atom stereocenters. The molecule has 0 spiro atoms. The van der Waals surface area contributed by atoms with E-state index in [1.54, 1.807) is 17.5 Å². The van der Waals surface area contributed by atoms with Gasteiger partial charge in [0.25, 0.3) is 0 Å². The Hall–Kier alpha value is -1.44. The number of hydrogen-bond donors (Lipinski definition) is 1. The Morgan fingerprint density at radius 1 is 1.40 bits per heavy atom. The first-order valence-electron chi connectivity index (χ1n) is 5.95. The lowest BCUT2D eigenvalue weighted by Gasteiger charge is -2.07. The van der Waals surface area contributed by atoms with Crippen LogP contribution in [-0.4, -0.2) is 21.1 Å². The third-order valence-corrected chi connectivity index (χ3v) is 5.50. The van der Waals surface area contributed by atoms with Gasteiger partial charge in [0.2, 0.25) is 5.91 Å². The maximum atomic E-state index is 12.0. The van der Waals surface area contributed by atoms with Crippen LogP contribution in [-0.2, 0) is 4.79 Å². The molecule has 0 bridgehead atoms. The number of aromatic nitrogens is 2. The van der Waals surface area contributed by atoms with Crippen LogP contribution < -0.4 is 5.32 Å². The van der Waals surface area contributed by atoms with Crippen LogP contribution in [0.1, 0.15) is 6.92 Å². The average Bonchev–Trinajstić information content (AvgIpc) is 3.06. The Labute approximate surface area is 128 Å². The predicted molar refractivity (Wildman–Crippen MR) is 85.7 cm³/mol. The van der Waals surface area contributed by atoms with Crippen molar-refractivity contribution in [2.45, 2.75) is 16.5 Å². The van der Waals surface area contributed by atoms with Crippen molar-refractivity contribution >= 4 is 55.7 Å². The number of nitrogens with zero attached hydrogens (tertiary/aromatic N) is 2. The monoisotopic (exact) mass is 321 g/mol. The van der Waals surface area contributed by atoms with Gasteiger partial charge in [-0.25, -0.2) is 9.97 Å². The molecule has 0 aliphatic heterocycles. The molecule has 0 saturated carbocycles. The van der Waals surface area contributed by atoms with Gasteiger partial charge >= 0.3 is 0 Å². The van der Waals surface area contributed by atoms with E-state index in [1.165, 1.54) is 23.1 Å². The molecule has 1 aromatic carbocycles. The van der Waals surface area contributed by atoms with Gasteiger partial charge in [0, 0.05) is 11.6 Å². The van der Waals surface area contributed by atoms with E-state index < -0.39 is 0 Å². The molecule has 0 saturated heterocycles. The number of thioether (sulfide) groups is 1. The number of thiazole rings is 2. The molecule has 102 valence electrons. The fourth-order valence-corrected chi connectivity index (χ4v) is 4.34. The Morgan fingerprint density at radius 3 is 3.00 bits per heavy atom. The summed E-state index contributed by atoms with van der Waals surface area (Å²) in [4.78, 5) is 20.6. The van der Waals surface area contributed by atoms with Crippen molar-refractivity contribution in [1.82, 2.24) is 9.97 Å². The Kier molecular flexibility index (Phi) is 4.00. The number of carbonyl (C=O) groups is 1. The van der Waals surface area contributed by atoms with Crippen LogP contribution in [0.3, 0.4) is 0 Å². The second-order valence-corrected chi connectivity index (χ2v) is 7.55. The van der Waals surface area contributed by atoms with E-state index in [1.807, 2.05) is 36.6 Å². The van der Waals surface area contributed by atoms with Crippen LogP contribution >= 0.6 is 34.4 Å². The third kappa shape index (κ3) is 3.00. The topological polar surface area (TPSA) is 54.9 Å². The second-order valence-electron chi connectivity index (χ2n) is 4.03. The summed E-state index contributed by atoms with van der Waals surface area (Å²) in [5, 5.41) is 5.06. The van der Waals surface area contributed by atoms with Gasteiger partial charge in [-0.3, -0.25) is 4.79 Å². The molecule has 1 amide bonds. The number of nitrogens with one attached hydrogen (secondary N) is 1. The normalized spacial score (nSPS) is 12.4. The molecule has 2 aromatic heterocycles. The predicted octanol–water partition coefficient (Wildman–Crippen LogP) is 3.87. The number of para-hydroxylation sites is 1. The lowest BCUT2D eigenvalue weighted by molar-refractivity contribution is -0.115. The smallest absolute Gasteiger partial charge is 0.239 e. The van der Waals surface area contributed by atoms with E-state index >= 15 is 0 Å². The van der Waals surface area contributed by atoms with E-state index in [0.717, 1.165) is 14.6 Å². The molecule has 7 heteroatoms. The maximum Gasteiger partial charge on any atom is 0.239 e. The highest BCUT2D eigenvalue weighted by Crippen LogP contribution is 2.32. The van der Waals surface area contributed by atoms with Gasteiger partial charge in [0.15, 0.2) is 9.47 Å².